The fraction of sp³-hybridized carbons (Fsp3) is 0.333. The number of hydrogen-bond acceptors (Lipinski definition) is 3. The number of morpholine rings is 1. The highest BCUT2D eigenvalue weighted by atomic mass is 16.5. The number of para-hydroxylation sites is 1. The van der Waals surface area contributed by atoms with Crippen molar-refractivity contribution in [2.24, 2.45) is 0 Å². The molecule has 0 radical (unpaired) electrons. The molecule has 5 heteroatoms. The first-order chi connectivity index (χ1) is 12.6. The maximum Gasteiger partial charge on any atom is 0.249 e. The van der Waals surface area contributed by atoms with Gasteiger partial charge in [-0.1, -0.05) is 62.4 Å². The third-order valence-corrected chi connectivity index (χ3v) is 4.54. The molecular weight excluding hydrogens is 328 g/mol. The summed E-state index contributed by atoms with van der Waals surface area (Å²) < 4.78 is 5.35. The van der Waals surface area contributed by atoms with Gasteiger partial charge in [-0.15, -0.1) is 0 Å². The lowest BCUT2D eigenvalue weighted by atomic mass is 10.0. The molecule has 136 valence electrons. The molecule has 0 unspecified atom stereocenters. The van der Waals surface area contributed by atoms with E-state index in [1.54, 1.807) is 4.90 Å². The second-order valence-electron chi connectivity index (χ2n) is 6.77. The van der Waals surface area contributed by atoms with Gasteiger partial charge in [-0.2, -0.15) is 0 Å². The van der Waals surface area contributed by atoms with Gasteiger partial charge in [-0.25, -0.2) is 0 Å². The Morgan fingerprint density at radius 3 is 2.58 bits per heavy atom. The smallest absolute Gasteiger partial charge is 0.249 e. The third-order valence-electron chi connectivity index (χ3n) is 4.54. The second-order valence-corrected chi connectivity index (χ2v) is 6.77. The highest BCUT2D eigenvalue weighted by Gasteiger charge is 2.34. The fourth-order valence-electron chi connectivity index (χ4n) is 3.13. The molecule has 0 aliphatic carbocycles. The van der Waals surface area contributed by atoms with Crippen molar-refractivity contribution in [1.29, 1.82) is 0 Å². The summed E-state index contributed by atoms with van der Waals surface area (Å²) >= 11 is 0. The molecule has 1 aliphatic heterocycles. The Bertz CT molecular complexity index is 774. The highest BCUT2D eigenvalue weighted by Crippen LogP contribution is 2.24. The van der Waals surface area contributed by atoms with E-state index in [0.717, 1.165) is 16.8 Å². The Kier molecular flexibility index (Phi) is 5.68. The molecule has 3 rings (SSSR count). The zero-order valence-corrected chi connectivity index (χ0v) is 15.1. The summed E-state index contributed by atoms with van der Waals surface area (Å²) in [5.41, 5.74) is 2.84. The average Bonchev–Trinajstić information content (AvgIpc) is 2.64. The topological polar surface area (TPSA) is 58.6 Å². The second kappa shape index (κ2) is 8.15. The van der Waals surface area contributed by atoms with Crippen LogP contribution in [0.3, 0.4) is 0 Å². The summed E-state index contributed by atoms with van der Waals surface area (Å²) in [4.78, 5) is 26.9. The van der Waals surface area contributed by atoms with Gasteiger partial charge in [0.2, 0.25) is 11.8 Å². The van der Waals surface area contributed by atoms with Crippen LogP contribution in [0.4, 0.5) is 5.69 Å². The van der Waals surface area contributed by atoms with E-state index in [1.165, 1.54) is 0 Å². The lowest BCUT2D eigenvalue weighted by molar-refractivity contribution is -0.154. The van der Waals surface area contributed by atoms with Crippen molar-refractivity contribution in [3.05, 3.63) is 65.7 Å². The first-order valence-corrected chi connectivity index (χ1v) is 8.87. The summed E-state index contributed by atoms with van der Waals surface area (Å²) in [5, 5.41) is 2.99. The van der Waals surface area contributed by atoms with Gasteiger partial charge in [-0.05, 0) is 23.1 Å². The van der Waals surface area contributed by atoms with Crippen molar-refractivity contribution < 1.29 is 14.3 Å². The van der Waals surface area contributed by atoms with Crippen LogP contribution in [0.1, 0.15) is 30.9 Å². The Morgan fingerprint density at radius 1 is 1.15 bits per heavy atom. The summed E-state index contributed by atoms with van der Waals surface area (Å²) in [6.07, 6.45) is 0. The SMILES string of the molecule is CC(C)c1ccccc1NC(=O)[C@H]1COCC(=O)N1Cc1ccccc1. The van der Waals surface area contributed by atoms with E-state index < -0.39 is 6.04 Å². The molecule has 2 amide bonds. The standard InChI is InChI=1S/C21H24N2O3/c1-15(2)17-10-6-7-11-18(17)22-21(25)19-13-26-14-20(24)23(19)12-16-8-4-3-5-9-16/h3-11,15,19H,12-14H2,1-2H3,(H,22,25)/t19-/m1/s1. The molecule has 1 fully saturated rings. The van der Waals surface area contributed by atoms with E-state index in [-0.39, 0.29) is 30.9 Å². The maximum absolute atomic E-state index is 12.9. The van der Waals surface area contributed by atoms with Gasteiger partial charge in [0.1, 0.15) is 12.6 Å². The number of carbonyl (C=O) groups excluding carboxylic acids is 2. The lowest BCUT2D eigenvalue weighted by Gasteiger charge is -2.34. The largest absolute Gasteiger partial charge is 0.369 e. The molecule has 26 heavy (non-hydrogen) atoms. The Morgan fingerprint density at radius 2 is 1.85 bits per heavy atom. The van der Waals surface area contributed by atoms with Crippen molar-refractivity contribution in [2.45, 2.75) is 32.4 Å². The molecular formula is C21H24N2O3. The van der Waals surface area contributed by atoms with E-state index >= 15 is 0 Å². The molecule has 5 nitrogen and oxygen atoms in total. The molecule has 0 aromatic heterocycles. The number of benzene rings is 2. The summed E-state index contributed by atoms with van der Waals surface area (Å²) in [6.45, 7) is 4.78. The van der Waals surface area contributed by atoms with Crippen LogP contribution < -0.4 is 5.32 Å². The Labute approximate surface area is 154 Å². The molecule has 1 aliphatic rings. The van der Waals surface area contributed by atoms with Gasteiger partial charge >= 0.3 is 0 Å². The predicted octanol–water partition coefficient (Wildman–Crippen LogP) is 3.18. The summed E-state index contributed by atoms with van der Waals surface area (Å²) in [5.74, 6) is -0.101. The molecule has 0 saturated carbocycles. The molecule has 1 atom stereocenters. The van der Waals surface area contributed by atoms with E-state index in [0.29, 0.717) is 6.54 Å². The third kappa shape index (κ3) is 4.11. The summed E-state index contributed by atoms with van der Waals surface area (Å²) in [7, 11) is 0. The van der Waals surface area contributed by atoms with Crippen molar-refractivity contribution >= 4 is 17.5 Å². The van der Waals surface area contributed by atoms with E-state index in [1.807, 2.05) is 54.6 Å². The lowest BCUT2D eigenvalue weighted by Crippen LogP contribution is -2.54. The molecule has 2 aromatic carbocycles. The van der Waals surface area contributed by atoms with Crippen molar-refractivity contribution in [2.75, 3.05) is 18.5 Å². The fourth-order valence-corrected chi connectivity index (χ4v) is 3.13. The van der Waals surface area contributed by atoms with E-state index in [9.17, 15) is 9.59 Å². The minimum absolute atomic E-state index is 0.0131. The van der Waals surface area contributed by atoms with Gasteiger partial charge in [0.05, 0.1) is 6.61 Å². The van der Waals surface area contributed by atoms with Crippen LogP contribution in [0.2, 0.25) is 0 Å². The zero-order valence-electron chi connectivity index (χ0n) is 15.1. The average molecular weight is 352 g/mol. The van der Waals surface area contributed by atoms with Crippen molar-refractivity contribution in [1.82, 2.24) is 4.90 Å². The number of nitrogens with zero attached hydrogens (tertiary/aromatic N) is 1. The number of nitrogens with one attached hydrogen (secondary N) is 1. The van der Waals surface area contributed by atoms with Crippen LogP contribution in [-0.4, -0.2) is 36.0 Å². The van der Waals surface area contributed by atoms with Gasteiger partial charge in [0, 0.05) is 12.2 Å². The van der Waals surface area contributed by atoms with Crippen LogP contribution in [0.25, 0.3) is 0 Å². The van der Waals surface area contributed by atoms with Crippen molar-refractivity contribution in [3.8, 4) is 0 Å². The van der Waals surface area contributed by atoms with Gasteiger partial charge in [0.25, 0.3) is 0 Å². The molecule has 1 N–H and O–H groups in total. The molecule has 1 saturated heterocycles. The van der Waals surface area contributed by atoms with Crippen LogP contribution in [0.15, 0.2) is 54.6 Å². The quantitative estimate of drug-likeness (QED) is 0.899. The van der Waals surface area contributed by atoms with Gasteiger partial charge in [-0.3, -0.25) is 9.59 Å². The van der Waals surface area contributed by atoms with E-state index in [2.05, 4.69) is 19.2 Å². The Hall–Kier alpha value is -2.66. The van der Waals surface area contributed by atoms with Crippen molar-refractivity contribution in [3.63, 3.8) is 0 Å². The van der Waals surface area contributed by atoms with Crippen LogP contribution >= 0.6 is 0 Å². The highest BCUT2D eigenvalue weighted by molar-refractivity contribution is 5.98. The molecule has 1 heterocycles. The zero-order chi connectivity index (χ0) is 18.5. The summed E-state index contributed by atoms with van der Waals surface area (Å²) in [6, 6.07) is 16.8. The normalized spacial score (nSPS) is 17.4. The van der Waals surface area contributed by atoms with Crippen LogP contribution in [-0.2, 0) is 20.9 Å². The predicted molar refractivity (Wildman–Crippen MR) is 101 cm³/mol. The number of anilines is 1. The Balaban J connectivity index is 1.79. The number of hydrogen-bond donors (Lipinski definition) is 1. The van der Waals surface area contributed by atoms with Gasteiger partial charge < -0.3 is 15.0 Å². The number of ether oxygens (including phenoxy) is 1. The van der Waals surface area contributed by atoms with Crippen LogP contribution in [0, 0.1) is 0 Å². The minimum Gasteiger partial charge on any atom is -0.369 e. The number of amides is 2. The number of rotatable bonds is 5. The molecule has 0 spiro atoms. The number of carbonyl (C=O) groups is 2. The maximum atomic E-state index is 12.9. The minimum atomic E-state index is -0.642. The first kappa shape index (κ1) is 18.1. The molecule has 2 aromatic rings. The van der Waals surface area contributed by atoms with Gasteiger partial charge in [0.15, 0.2) is 0 Å². The monoisotopic (exact) mass is 352 g/mol. The van der Waals surface area contributed by atoms with E-state index in [4.69, 9.17) is 4.74 Å². The first-order valence-electron chi connectivity index (χ1n) is 8.87. The molecule has 0 bridgehead atoms. The van der Waals surface area contributed by atoms with Crippen LogP contribution in [0.5, 0.6) is 0 Å².